The molecule has 1 aliphatic rings. The Labute approximate surface area is 149 Å². The third kappa shape index (κ3) is 4.11. The lowest BCUT2D eigenvalue weighted by molar-refractivity contribution is -0.120. The first-order valence-electron chi connectivity index (χ1n) is 6.77. The van der Waals surface area contributed by atoms with Crippen molar-refractivity contribution in [2.24, 2.45) is 5.10 Å². The van der Waals surface area contributed by atoms with E-state index in [1.54, 1.807) is 12.3 Å². The number of hydrogen-bond donors (Lipinski definition) is 1. The maximum Gasteiger partial charge on any atom is 0.244 e. The molecule has 1 aliphatic heterocycles. The molecular weight excluding hydrogens is 428 g/mol. The number of ether oxygens (including phenoxy) is 2. The lowest BCUT2D eigenvalue weighted by Gasteiger charge is -2.03. The molecule has 0 saturated carbocycles. The highest BCUT2D eigenvalue weighted by atomic mass is 79.9. The van der Waals surface area contributed by atoms with Crippen molar-refractivity contribution in [3.63, 3.8) is 0 Å². The number of carbonyl (C=O) groups excluding carboxylic acids is 1. The average molecular weight is 440 g/mol. The van der Waals surface area contributed by atoms with E-state index in [9.17, 15) is 4.79 Å². The maximum absolute atomic E-state index is 11.9. The van der Waals surface area contributed by atoms with Gasteiger partial charge in [0.1, 0.15) is 0 Å². The normalized spacial score (nSPS) is 12.6. The Morgan fingerprint density at radius 3 is 2.61 bits per heavy atom. The number of hydrogen-bond acceptors (Lipinski definition) is 4. The topological polar surface area (TPSA) is 59.9 Å². The lowest BCUT2D eigenvalue weighted by Crippen LogP contribution is -2.19. The first-order valence-corrected chi connectivity index (χ1v) is 8.36. The van der Waals surface area contributed by atoms with Gasteiger partial charge in [-0.1, -0.05) is 28.1 Å². The second kappa shape index (κ2) is 7.14. The van der Waals surface area contributed by atoms with Crippen LogP contribution in [0.15, 0.2) is 50.4 Å². The molecule has 3 rings (SSSR count). The molecule has 0 spiro atoms. The zero-order valence-electron chi connectivity index (χ0n) is 11.9. The van der Waals surface area contributed by atoms with Gasteiger partial charge in [-0.25, -0.2) is 5.43 Å². The summed E-state index contributed by atoms with van der Waals surface area (Å²) in [6, 6.07) is 11.2. The van der Waals surface area contributed by atoms with Crippen LogP contribution in [0.1, 0.15) is 11.1 Å². The predicted molar refractivity (Wildman–Crippen MR) is 93.8 cm³/mol. The van der Waals surface area contributed by atoms with Gasteiger partial charge in [0.25, 0.3) is 0 Å². The second-order valence-electron chi connectivity index (χ2n) is 4.82. The first kappa shape index (κ1) is 16.0. The van der Waals surface area contributed by atoms with Gasteiger partial charge in [0.05, 0.1) is 12.6 Å². The third-order valence-corrected chi connectivity index (χ3v) is 4.38. The fourth-order valence-corrected chi connectivity index (χ4v) is 2.72. The summed E-state index contributed by atoms with van der Waals surface area (Å²) >= 11 is 6.79. The van der Waals surface area contributed by atoms with Crippen molar-refractivity contribution in [2.45, 2.75) is 6.42 Å². The summed E-state index contributed by atoms with van der Waals surface area (Å²) in [5.41, 5.74) is 4.23. The van der Waals surface area contributed by atoms with Gasteiger partial charge >= 0.3 is 0 Å². The van der Waals surface area contributed by atoms with E-state index in [4.69, 9.17) is 9.47 Å². The Morgan fingerprint density at radius 1 is 1.17 bits per heavy atom. The molecule has 0 aliphatic carbocycles. The molecule has 0 unspecified atom stereocenters. The van der Waals surface area contributed by atoms with E-state index in [2.05, 4.69) is 42.4 Å². The molecule has 118 valence electrons. The van der Waals surface area contributed by atoms with Crippen molar-refractivity contribution in [1.82, 2.24) is 5.43 Å². The summed E-state index contributed by atoms with van der Waals surface area (Å²) in [4.78, 5) is 11.9. The van der Waals surface area contributed by atoms with Crippen LogP contribution in [0.2, 0.25) is 0 Å². The molecule has 0 fully saturated rings. The van der Waals surface area contributed by atoms with E-state index in [1.807, 2.05) is 30.3 Å². The van der Waals surface area contributed by atoms with Gasteiger partial charge in [-0.15, -0.1) is 0 Å². The molecular formula is C16H12Br2N2O3. The Hall–Kier alpha value is -1.86. The van der Waals surface area contributed by atoms with Crippen LogP contribution >= 0.6 is 31.9 Å². The van der Waals surface area contributed by atoms with Gasteiger partial charge in [0.2, 0.25) is 12.7 Å². The van der Waals surface area contributed by atoms with Gasteiger partial charge in [-0.05, 0) is 45.8 Å². The van der Waals surface area contributed by atoms with Crippen LogP contribution in [-0.4, -0.2) is 18.9 Å². The minimum atomic E-state index is -0.180. The molecule has 23 heavy (non-hydrogen) atoms. The van der Waals surface area contributed by atoms with Crippen LogP contribution in [0.5, 0.6) is 11.5 Å². The molecule has 2 aromatic rings. The monoisotopic (exact) mass is 438 g/mol. The minimum Gasteiger partial charge on any atom is -0.454 e. The van der Waals surface area contributed by atoms with Gasteiger partial charge < -0.3 is 9.47 Å². The number of nitrogens with one attached hydrogen (secondary N) is 1. The van der Waals surface area contributed by atoms with E-state index in [1.165, 1.54) is 0 Å². The molecule has 0 saturated heterocycles. The van der Waals surface area contributed by atoms with Gasteiger partial charge in [0, 0.05) is 14.5 Å². The van der Waals surface area contributed by atoms with Crippen LogP contribution in [0, 0.1) is 0 Å². The number of hydrazone groups is 1. The smallest absolute Gasteiger partial charge is 0.244 e. The first-order chi connectivity index (χ1) is 11.1. The van der Waals surface area contributed by atoms with Crippen LogP contribution in [-0.2, 0) is 11.2 Å². The van der Waals surface area contributed by atoms with Crippen molar-refractivity contribution in [3.8, 4) is 11.5 Å². The largest absolute Gasteiger partial charge is 0.454 e. The molecule has 0 atom stereocenters. The van der Waals surface area contributed by atoms with Gasteiger partial charge in [-0.2, -0.15) is 5.10 Å². The number of carbonyl (C=O) groups is 1. The quantitative estimate of drug-likeness (QED) is 0.584. The summed E-state index contributed by atoms with van der Waals surface area (Å²) in [6.45, 7) is 0.215. The second-order valence-corrected chi connectivity index (χ2v) is 6.59. The molecule has 0 radical (unpaired) electrons. The Bertz CT molecular complexity index is 761. The van der Waals surface area contributed by atoms with Gasteiger partial charge in [-0.3, -0.25) is 4.79 Å². The molecule has 7 heteroatoms. The number of rotatable bonds is 4. The van der Waals surface area contributed by atoms with Crippen molar-refractivity contribution in [3.05, 3.63) is 56.5 Å². The summed E-state index contributed by atoms with van der Waals surface area (Å²) in [6.07, 6.45) is 1.83. The fraction of sp³-hybridized carbons (Fsp3) is 0.125. The van der Waals surface area contributed by atoms with Crippen LogP contribution in [0.25, 0.3) is 0 Å². The zero-order valence-corrected chi connectivity index (χ0v) is 15.1. The number of benzene rings is 2. The standard InChI is InChI=1S/C16H12Br2N2O3/c17-12-3-1-10(2-4-12)5-16(21)20-19-8-11-6-14-15(7-13(11)18)23-9-22-14/h1-4,6-8H,5,9H2,(H,20,21)/b19-8-. The van der Waals surface area contributed by atoms with Gasteiger partial charge in [0.15, 0.2) is 11.5 Å². The SMILES string of the molecule is O=C(Cc1ccc(Br)cc1)N/N=C\c1cc2c(cc1Br)OCO2. The number of halogens is 2. The molecule has 5 nitrogen and oxygen atoms in total. The van der Waals surface area contributed by atoms with E-state index >= 15 is 0 Å². The Morgan fingerprint density at radius 2 is 1.87 bits per heavy atom. The van der Waals surface area contributed by atoms with E-state index in [-0.39, 0.29) is 19.1 Å². The molecule has 0 bridgehead atoms. The number of amides is 1. The Kier molecular flexibility index (Phi) is 4.97. The summed E-state index contributed by atoms with van der Waals surface area (Å²) < 4.78 is 12.4. The predicted octanol–water partition coefficient (Wildman–Crippen LogP) is 3.63. The highest BCUT2D eigenvalue weighted by molar-refractivity contribution is 9.10. The zero-order chi connectivity index (χ0) is 16.2. The van der Waals surface area contributed by atoms with Crippen LogP contribution < -0.4 is 14.9 Å². The highest BCUT2D eigenvalue weighted by Crippen LogP contribution is 2.36. The minimum absolute atomic E-state index is 0.180. The Balaban J connectivity index is 1.60. The fourth-order valence-electron chi connectivity index (χ4n) is 2.03. The van der Waals surface area contributed by atoms with E-state index in [0.717, 1.165) is 20.1 Å². The summed E-state index contributed by atoms with van der Waals surface area (Å²) in [5.74, 6) is 1.17. The van der Waals surface area contributed by atoms with Crippen molar-refractivity contribution < 1.29 is 14.3 Å². The summed E-state index contributed by atoms with van der Waals surface area (Å²) in [7, 11) is 0. The summed E-state index contributed by atoms with van der Waals surface area (Å²) in [5, 5.41) is 3.98. The van der Waals surface area contributed by atoms with Crippen molar-refractivity contribution >= 4 is 44.0 Å². The molecule has 0 aromatic heterocycles. The van der Waals surface area contributed by atoms with Crippen LogP contribution in [0.3, 0.4) is 0 Å². The van der Waals surface area contributed by atoms with E-state index in [0.29, 0.717) is 11.5 Å². The molecule has 1 N–H and O–H groups in total. The van der Waals surface area contributed by atoms with Crippen molar-refractivity contribution in [1.29, 1.82) is 0 Å². The van der Waals surface area contributed by atoms with Crippen LogP contribution in [0.4, 0.5) is 0 Å². The maximum atomic E-state index is 11.9. The lowest BCUT2D eigenvalue weighted by atomic mass is 10.1. The van der Waals surface area contributed by atoms with Crippen molar-refractivity contribution in [2.75, 3.05) is 6.79 Å². The average Bonchev–Trinajstić information content (AvgIpc) is 2.97. The number of fused-ring (bicyclic) bond motifs is 1. The van der Waals surface area contributed by atoms with E-state index < -0.39 is 0 Å². The number of nitrogens with zero attached hydrogens (tertiary/aromatic N) is 1. The highest BCUT2D eigenvalue weighted by Gasteiger charge is 2.15. The molecule has 1 amide bonds. The third-order valence-electron chi connectivity index (χ3n) is 3.16. The molecule has 2 aromatic carbocycles. The molecule has 1 heterocycles.